The molecular formula is C11H15N5O2. The number of hydrogen-bond acceptors (Lipinski definition) is 6. The molecule has 0 amide bonds. The number of aromatic nitrogens is 4. The van der Waals surface area contributed by atoms with Crippen molar-refractivity contribution in [2.24, 2.45) is 0 Å². The van der Waals surface area contributed by atoms with Gasteiger partial charge in [-0.25, -0.2) is 4.98 Å². The van der Waals surface area contributed by atoms with Crippen LogP contribution in [0.3, 0.4) is 0 Å². The van der Waals surface area contributed by atoms with Gasteiger partial charge in [-0.3, -0.25) is 0 Å². The van der Waals surface area contributed by atoms with Gasteiger partial charge in [-0.05, 0) is 0 Å². The van der Waals surface area contributed by atoms with Crippen molar-refractivity contribution in [3.63, 3.8) is 0 Å². The van der Waals surface area contributed by atoms with Crippen LogP contribution in [0.5, 0.6) is 5.88 Å². The van der Waals surface area contributed by atoms with Gasteiger partial charge in [0.1, 0.15) is 11.6 Å². The van der Waals surface area contributed by atoms with Crippen molar-refractivity contribution >= 4 is 17.1 Å². The minimum Gasteiger partial charge on any atom is -0.473 e. The molecule has 0 saturated carbocycles. The van der Waals surface area contributed by atoms with Gasteiger partial charge in [0.15, 0.2) is 5.65 Å². The van der Waals surface area contributed by atoms with Crippen molar-refractivity contribution in [1.82, 2.24) is 19.9 Å². The number of ether oxygens (including phenoxy) is 2. The number of hydrogen-bond donors (Lipinski definition) is 2. The Morgan fingerprint density at radius 1 is 1.39 bits per heavy atom. The zero-order valence-electron chi connectivity index (χ0n) is 10.1. The third kappa shape index (κ3) is 2.08. The lowest BCUT2D eigenvalue weighted by atomic mass is 10.1. The summed E-state index contributed by atoms with van der Waals surface area (Å²) in [5.74, 6) is 1.06. The van der Waals surface area contributed by atoms with Crippen LogP contribution in [-0.4, -0.2) is 46.3 Å². The normalized spacial score (nSPS) is 16.9. The number of imidazole rings is 1. The molecule has 0 bridgehead atoms. The van der Waals surface area contributed by atoms with Gasteiger partial charge in [-0.15, -0.1) is 0 Å². The van der Waals surface area contributed by atoms with Crippen molar-refractivity contribution in [3.05, 3.63) is 6.33 Å². The Hall–Kier alpha value is -1.89. The maximum atomic E-state index is 5.93. The maximum Gasteiger partial charge on any atom is 0.245 e. The molecule has 2 aromatic heterocycles. The van der Waals surface area contributed by atoms with E-state index in [1.807, 2.05) is 0 Å². The Morgan fingerprint density at radius 3 is 3.00 bits per heavy atom. The van der Waals surface area contributed by atoms with E-state index in [1.165, 1.54) is 0 Å². The Kier molecular flexibility index (Phi) is 2.97. The van der Waals surface area contributed by atoms with Crippen LogP contribution in [0.2, 0.25) is 0 Å². The summed E-state index contributed by atoms with van der Waals surface area (Å²) in [5, 5.41) is 2.91. The molecule has 0 radical (unpaired) electrons. The molecule has 1 aliphatic rings. The largest absolute Gasteiger partial charge is 0.473 e. The first-order chi connectivity index (χ1) is 8.86. The summed E-state index contributed by atoms with van der Waals surface area (Å²) in [5.41, 5.74) is 1.34. The molecule has 0 aromatic carbocycles. The van der Waals surface area contributed by atoms with E-state index in [-0.39, 0.29) is 6.10 Å². The van der Waals surface area contributed by atoms with Crippen LogP contribution in [-0.2, 0) is 4.74 Å². The minimum atomic E-state index is 0.143. The van der Waals surface area contributed by atoms with Crippen molar-refractivity contribution in [3.8, 4) is 5.88 Å². The van der Waals surface area contributed by atoms with Gasteiger partial charge in [0.25, 0.3) is 0 Å². The molecule has 2 N–H and O–H groups in total. The van der Waals surface area contributed by atoms with Crippen molar-refractivity contribution in [2.45, 2.75) is 18.9 Å². The van der Waals surface area contributed by atoms with Crippen LogP contribution in [0.1, 0.15) is 12.8 Å². The first-order valence-corrected chi connectivity index (χ1v) is 6.00. The van der Waals surface area contributed by atoms with E-state index in [0.717, 1.165) is 31.6 Å². The summed E-state index contributed by atoms with van der Waals surface area (Å²) in [6.45, 7) is 1.47. The standard InChI is InChI=1S/C11H15N5O2/c1-12-11-15-9-8(13-6-14-9)10(16-11)18-7-2-4-17-5-3-7/h6-7H,2-5H2,1H3,(H2,12,13,14,15,16). The number of nitrogens with zero attached hydrogens (tertiary/aromatic N) is 3. The molecule has 1 aliphatic heterocycles. The summed E-state index contributed by atoms with van der Waals surface area (Å²) in [7, 11) is 1.77. The monoisotopic (exact) mass is 249 g/mol. The molecule has 3 rings (SSSR count). The predicted octanol–water partition coefficient (Wildman–Crippen LogP) is 0.952. The Balaban J connectivity index is 1.91. The van der Waals surface area contributed by atoms with Crippen LogP contribution < -0.4 is 10.1 Å². The second-order valence-electron chi connectivity index (χ2n) is 4.13. The minimum absolute atomic E-state index is 0.143. The van der Waals surface area contributed by atoms with Gasteiger partial charge in [0.2, 0.25) is 11.8 Å². The number of aromatic amines is 1. The summed E-state index contributed by atoms with van der Waals surface area (Å²) in [6, 6.07) is 0. The maximum absolute atomic E-state index is 5.93. The van der Waals surface area contributed by atoms with Crippen LogP contribution in [0, 0.1) is 0 Å². The fourth-order valence-electron chi connectivity index (χ4n) is 1.96. The lowest BCUT2D eigenvalue weighted by Gasteiger charge is -2.22. The van der Waals surface area contributed by atoms with E-state index in [2.05, 4.69) is 25.3 Å². The molecule has 0 atom stereocenters. The zero-order valence-corrected chi connectivity index (χ0v) is 10.1. The van der Waals surface area contributed by atoms with Gasteiger partial charge >= 0.3 is 0 Å². The molecule has 18 heavy (non-hydrogen) atoms. The van der Waals surface area contributed by atoms with E-state index in [9.17, 15) is 0 Å². The van der Waals surface area contributed by atoms with Crippen molar-refractivity contribution in [2.75, 3.05) is 25.6 Å². The number of H-pyrrole nitrogens is 1. The topological polar surface area (TPSA) is 85.0 Å². The lowest BCUT2D eigenvalue weighted by molar-refractivity contribution is 0.0244. The van der Waals surface area contributed by atoms with Crippen LogP contribution in [0.15, 0.2) is 6.33 Å². The Labute approximate surface area is 104 Å². The highest BCUT2D eigenvalue weighted by molar-refractivity contribution is 5.76. The fraction of sp³-hybridized carbons (Fsp3) is 0.545. The molecule has 1 fully saturated rings. The highest BCUT2D eigenvalue weighted by atomic mass is 16.5. The first-order valence-electron chi connectivity index (χ1n) is 6.00. The second-order valence-corrected chi connectivity index (χ2v) is 4.13. The van der Waals surface area contributed by atoms with Crippen molar-refractivity contribution in [1.29, 1.82) is 0 Å². The van der Waals surface area contributed by atoms with Crippen LogP contribution in [0.4, 0.5) is 5.95 Å². The molecular weight excluding hydrogens is 234 g/mol. The fourth-order valence-corrected chi connectivity index (χ4v) is 1.96. The van der Waals surface area contributed by atoms with E-state index < -0.39 is 0 Å². The number of anilines is 1. The molecule has 96 valence electrons. The average molecular weight is 249 g/mol. The summed E-state index contributed by atoms with van der Waals surface area (Å²) >= 11 is 0. The van der Waals surface area contributed by atoms with Crippen LogP contribution in [0.25, 0.3) is 11.2 Å². The first kappa shape index (κ1) is 11.2. The Bertz CT molecular complexity index is 535. The third-order valence-corrected chi connectivity index (χ3v) is 2.92. The molecule has 2 aromatic rings. The molecule has 3 heterocycles. The van der Waals surface area contributed by atoms with Crippen molar-refractivity contribution < 1.29 is 9.47 Å². The zero-order chi connectivity index (χ0) is 12.4. The molecule has 1 saturated heterocycles. The van der Waals surface area contributed by atoms with Gasteiger partial charge in [-0.2, -0.15) is 9.97 Å². The predicted molar refractivity (Wildman–Crippen MR) is 65.7 cm³/mol. The second kappa shape index (κ2) is 4.77. The molecule has 0 spiro atoms. The number of nitrogens with one attached hydrogen (secondary N) is 2. The molecule has 0 unspecified atom stereocenters. The third-order valence-electron chi connectivity index (χ3n) is 2.92. The molecule has 7 nitrogen and oxygen atoms in total. The van der Waals surface area contributed by atoms with E-state index in [1.54, 1.807) is 13.4 Å². The highest BCUT2D eigenvalue weighted by Crippen LogP contribution is 2.23. The lowest BCUT2D eigenvalue weighted by Crippen LogP contribution is -2.26. The van der Waals surface area contributed by atoms with Crippen LogP contribution >= 0.6 is 0 Å². The summed E-state index contributed by atoms with van der Waals surface area (Å²) < 4.78 is 11.2. The smallest absolute Gasteiger partial charge is 0.245 e. The van der Waals surface area contributed by atoms with Gasteiger partial charge < -0.3 is 19.8 Å². The molecule has 7 heteroatoms. The van der Waals surface area contributed by atoms with E-state index in [0.29, 0.717) is 17.5 Å². The quantitative estimate of drug-likeness (QED) is 0.842. The number of fused-ring (bicyclic) bond motifs is 1. The summed E-state index contributed by atoms with van der Waals surface area (Å²) in [4.78, 5) is 15.7. The van der Waals surface area contributed by atoms with Gasteiger partial charge in [0.05, 0.1) is 19.5 Å². The van der Waals surface area contributed by atoms with Gasteiger partial charge in [0, 0.05) is 19.9 Å². The summed E-state index contributed by atoms with van der Waals surface area (Å²) in [6.07, 6.45) is 3.50. The van der Waals surface area contributed by atoms with E-state index in [4.69, 9.17) is 9.47 Å². The SMILES string of the molecule is CNc1nc(OC2CCOCC2)c2[nH]cnc2n1. The van der Waals surface area contributed by atoms with Gasteiger partial charge in [-0.1, -0.05) is 0 Å². The van der Waals surface area contributed by atoms with E-state index >= 15 is 0 Å². The number of rotatable bonds is 3. The highest BCUT2D eigenvalue weighted by Gasteiger charge is 2.19. The Morgan fingerprint density at radius 2 is 2.22 bits per heavy atom. The average Bonchev–Trinajstić information content (AvgIpc) is 2.88. The molecule has 0 aliphatic carbocycles.